The number of alkyl halides is 2. The van der Waals surface area contributed by atoms with Gasteiger partial charge in [-0.3, -0.25) is 33.5 Å². The predicted molar refractivity (Wildman–Crippen MR) is 286 cm³/mol. The summed E-state index contributed by atoms with van der Waals surface area (Å²) in [4.78, 5) is 103. The zero-order chi connectivity index (χ0) is 55.0. The molecule has 9 rings (SSSR count). The number of hydrogen-bond acceptors (Lipinski definition) is 13. The largest absolute Gasteiger partial charge is 0.493 e. The van der Waals surface area contributed by atoms with Crippen LogP contribution in [0.4, 0.5) is 8.78 Å². The van der Waals surface area contributed by atoms with Crippen LogP contribution in [0.5, 0.6) is 5.75 Å². The Morgan fingerprint density at radius 1 is 0.961 bits per heavy atom. The maximum absolute atomic E-state index is 14.4. The van der Waals surface area contributed by atoms with Gasteiger partial charge in [0.15, 0.2) is 0 Å². The number of aliphatic hydroxyl groups is 1. The fourth-order valence-corrected chi connectivity index (χ4v) is 13.2. The number of aryl methyl sites for hydroxylation is 1. The first-order chi connectivity index (χ1) is 36.6. The summed E-state index contributed by atoms with van der Waals surface area (Å²) in [7, 11) is -5.80. The maximum Gasteiger partial charge on any atom is 0.399 e. The van der Waals surface area contributed by atoms with Gasteiger partial charge in [0.05, 0.1) is 39.7 Å². The van der Waals surface area contributed by atoms with Gasteiger partial charge in [0.25, 0.3) is 5.91 Å². The molecule has 6 N–H and O–H groups in total. The van der Waals surface area contributed by atoms with Gasteiger partial charge in [0.2, 0.25) is 23.6 Å². The molecule has 0 bridgehead atoms. The van der Waals surface area contributed by atoms with Crippen molar-refractivity contribution in [1.29, 1.82) is 0 Å². The molecule has 7 heterocycles. The number of amides is 5. The number of nitrogens with one attached hydrogen (secondary N) is 3. The van der Waals surface area contributed by atoms with Crippen LogP contribution in [0, 0.1) is 12.3 Å². The van der Waals surface area contributed by atoms with Gasteiger partial charge in [0, 0.05) is 72.8 Å². The summed E-state index contributed by atoms with van der Waals surface area (Å²) < 4.78 is 47.1. The molecule has 4 aliphatic heterocycles. The molecule has 2 aromatic carbocycles. The van der Waals surface area contributed by atoms with Crippen LogP contribution in [0.1, 0.15) is 110 Å². The number of likely N-dealkylation sites (tertiary alicyclic amines) is 2. The Hall–Kier alpha value is -5.74. The van der Waals surface area contributed by atoms with Gasteiger partial charge in [-0.1, -0.05) is 51.1 Å². The summed E-state index contributed by atoms with van der Waals surface area (Å²) >= 11 is 2.57. The molecule has 5 aromatic rings. The van der Waals surface area contributed by atoms with E-state index in [2.05, 4.69) is 25.9 Å². The average molecular weight is 1120 g/mol. The second-order valence-electron chi connectivity index (χ2n) is 21.6. The third-order valence-electron chi connectivity index (χ3n) is 15.2. The van der Waals surface area contributed by atoms with Gasteiger partial charge in [-0.05, 0) is 105 Å². The molecule has 18 nitrogen and oxygen atoms in total. The molecule has 0 unspecified atom stereocenters. The molecule has 0 aliphatic carbocycles. The van der Waals surface area contributed by atoms with Crippen molar-refractivity contribution in [2.45, 2.75) is 134 Å². The number of halogens is 2. The quantitative estimate of drug-likeness (QED) is 0.0398. The van der Waals surface area contributed by atoms with E-state index in [0.29, 0.717) is 81.6 Å². The number of aliphatic hydroxyl groups excluding tert-OH is 1. The molecule has 0 radical (unpaired) electrons. The maximum atomic E-state index is 14.4. The summed E-state index contributed by atoms with van der Waals surface area (Å²) in [5, 5.41) is 20.1. The van der Waals surface area contributed by atoms with Crippen molar-refractivity contribution in [2.24, 2.45) is 5.41 Å². The molecule has 412 valence electrons. The lowest BCUT2D eigenvalue weighted by atomic mass is 9.85. The number of benzene rings is 2. The molecule has 6 atom stereocenters. The lowest BCUT2D eigenvalue weighted by Gasteiger charge is -2.42. The van der Waals surface area contributed by atoms with Crippen molar-refractivity contribution in [3.63, 3.8) is 0 Å². The van der Waals surface area contributed by atoms with E-state index >= 15 is 0 Å². The normalized spacial score (nSPS) is 21.6. The molecular formula is C54H65F2N8O10PS2. The number of carbonyl (C=O) groups excluding carboxylic acids is 5. The summed E-state index contributed by atoms with van der Waals surface area (Å²) in [5.74, 6) is -1.05. The minimum atomic E-state index is -5.80. The molecule has 3 aromatic heterocycles. The number of aromatic nitrogens is 2. The summed E-state index contributed by atoms with van der Waals surface area (Å²) in [6.07, 6.45) is 6.87. The second kappa shape index (κ2) is 22.9. The van der Waals surface area contributed by atoms with E-state index in [1.165, 1.54) is 17.0 Å². The van der Waals surface area contributed by atoms with Gasteiger partial charge in [-0.25, -0.2) is 4.98 Å². The van der Waals surface area contributed by atoms with Gasteiger partial charge < -0.3 is 50.3 Å². The average Bonchev–Trinajstić information content (AvgIpc) is 4.20. The van der Waals surface area contributed by atoms with E-state index in [1.54, 1.807) is 39.6 Å². The van der Waals surface area contributed by atoms with Gasteiger partial charge >= 0.3 is 13.3 Å². The minimum Gasteiger partial charge on any atom is -0.493 e. The van der Waals surface area contributed by atoms with E-state index in [1.807, 2.05) is 57.5 Å². The predicted octanol–water partition coefficient (Wildman–Crippen LogP) is 6.66. The summed E-state index contributed by atoms with van der Waals surface area (Å²) in [6.45, 7) is 9.92. The molecule has 4 aliphatic rings. The van der Waals surface area contributed by atoms with Crippen molar-refractivity contribution in [2.75, 3.05) is 32.8 Å². The molecular weight excluding hydrogens is 1050 g/mol. The topological polar surface area (TPSA) is 244 Å². The molecule has 0 spiro atoms. The van der Waals surface area contributed by atoms with E-state index in [4.69, 9.17) is 4.74 Å². The highest BCUT2D eigenvalue weighted by molar-refractivity contribution is 7.52. The van der Waals surface area contributed by atoms with E-state index < -0.39 is 60.4 Å². The number of unbranched alkanes of at least 4 members (excludes halogenated alkanes) is 1. The van der Waals surface area contributed by atoms with Crippen LogP contribution >= 0.6 is 30.3 Å². The molecule has 0 saturated carbocycles. The summed E-state index contributed by atoms with van der Waals surface area (Å²) in [5.41, 5.74) is -0.179. The van der Waals surface area contributed by atoms with Gasteiger partial charge in [0.1, 0.15) is 23.9 Å². The van der Waals surface area contributed by atoms with Crippen molar-refractivity contribution in [3.8, 4) is 16.2 Å². The third kappa shape index (κ3) is 12.1. The number of hydrogen-bond donors (Lipinski definition) is 6. The standard InChI is InChI=1S/C54H65F2N8O10PS2/c1-31-46(76-30-60-31)33-12-10-32(11-13-33)25-59-48(66)42-24-38(65)29-63(42)52(70)47(53(2,3)4)58-19-5-6-21-74-43-18-20-57-26-39(43)35-27-62(28-35)51(69)41-16-15-37-8-7-9-40(50(68)64(37)41)61-49(67)45-23-34-22-36(14-17-44(34)77-45)54(55,56)75(71,72)73/h10-14,17-18,20,22-23,26,30,35,37-38,40-42,47,58,65H,5-9,15-16,19,21,24-25,27-29H2,1-4H3,(H,59,66)(H,61,67)(H2,71,72,73)/t37-,38+,40-,41-,42-,47+/m0/s1. The van der Waals surface area contributed by atoms with Crippen LogP contribution in [-0.2, 0) is 36.0 Å². The Morgan fingerprint density at radius 3 is 2.44 bits per heavy atom. The fourth-order valence-electron chi connectivity index (χ4n) is 10.9. The number of carbonyl (C=O) groups is 5. The van der Waals surface area contributed by atoms with E-state index in [0.717, 1.165) is 50.7 Å². The van der Waals surface area contributed by atoms with Crippen molar-refractivity contribution in [3.05, 3.63) is 99.8 Å². The lowest BCUT2D eigenvalue weighted by Crippen LogP contribution is -2.58. The van der Waals surface area contributed by atoms with Crippen molar-refractivity contribution < 1.29 is 56.9 Å². The number of thiazole rings is 1. The van der Waals surface area contributed by atoms with Crippen LogP contribution in [0.25, 0.3) is 20.5 Å². The molecule has 4 fully saturated rings. The van der Waals surface area contributed by atoms with Crippen LogP contribution in [0.3, 0.4) is 0 Å². The zero-order valence-corrected chi connectivity index (χ0v) is 45.9. The highest BCUT2D eigenvalue weighted by Gasteiger charge is 2.51. The monoisotopic (exact) mass is 1120 g/mol. The molecule has 4 saturated heterocycles. The van der Waals surface area contributed by atoms with Crippen molar-refractivity contribution >= 4 is 69.9 Å². The summed E-state index contributed by atoms with van der Waals surface area (Å²) in [6, 6.07) is 11.0. The van der Waals surface area contributed by atoms with Gasteiger partial charge in [-0.2, -0.15) is 8.78 Å². The Labute approximate surface area is 453 Å². The smallest absolute Gasteiger partial charge is 0.399 e. The Balaban J connectivity index is 0.735. The number of thiophene rings is 1. The number of pyridine rings is 1. The third-order valence-corrected chi connectivity index (χ3v) is 18.2. The molecule has 23 heteroatoms. The number of fused-ring (bicyclic) bond motifs is 2. The van der Waals surface area contributed by atoms with Crippen LogP contribution in [0.2, 0.25) is 0 Å². The first-order valence-electron chi connectivity index (χ1n) is 26.0. The molecule has 77 heavy (non-hydrogen) atoms. The minimum absolute atomic E-state index is 0.0483. The lowest BCUT2D eigenvalue weighted by molar-refractivity contribution is -0.148. The first-order valence-corrected chi connectivity index (χ1v) is 29.3. The molecule has 5 amide bonds. The van der Waals surface area contributed by atoms with Crippen LogP contribution in [0.15, 0.2) is 72.5 Å². The van der Waals surface area contributed by atoms with Crippen LogP contribution < -0.4 is 20.7 Å². The number of rotatable bonds is 18. The van der Waals surface area contributed by atoms with Gasteiger partial charge in [-0.15, -0.1) is 22.7 Å². The van der Waals surface area contributed by atoms with Crippen LogP contribution in [-0.4, -0.2) is 138 Å². The second-order valence-corrected chi connectivity index (χ2v) is 25.2. The highest BCUT2D eigenvalue weighted by atomic mass is 32.1. The van der Waals surface area contributed by atoms with E-state index in [9.17, 15) is 52.2 Å². The number of ether oxygens (including phenoxy) is 1. The fraction of sp³-hybridized carbons (Fsp3) is 0.500. The van der Waals surface area contributed by atoms with Crippen molar-refractivity contribution in [1.82, 2.24) is 40.6 Å². The Morgan fingerprint density at radius 2 is 1.73 bits per heavy atom. The van der Waals surface area contributed by atoms with E-state index in [-0.39, 0.29) is 65.4 Å². The zero-order valence-electron chi connectivity index (χ0n) is 43.3. The first kappa shape index (κ1) is 56.0. The Bertz CT molecular complexity index is 3050. The number of β-amino-alcohol motifs (C(OH)–C–C–N with tert-alkyl or cyclic N) is 1. The Kier molecular flexibility index (Phi) is 16.7. The highest BCUT2D eigenvalue weighted by Crippen LogP contribution is 2.59. The SMILES string of the molecule is Cc1ncsc1-c1ccc(CNC(=O)[C@@H]2C[C@@H](O)CN2C(=O)[C@@H](NCCCCOc2ccncc2C2CN(C(=O)[C@@H]3CC[C@@H]4CCC[C@H](NC(=O)c5cc6cc(C(F)(F)P(=O)(O)O)ccc6s5)C(=O)N43)C2)C(C)(C)C)cc1. The number of nitrogens with zero attached hydrogens (tertiary/aromatic N) is 5.